The van der Waals surface area contributed by atoms with Gasteiger partial charge >= 0.3 is 0 Å². The lowest BCUT2D eigenvalue weighted by molar-refractivity contribution is -0.0828. The Morgan fingerprint density at radius 1 is 1.22 bits per heavy atom. The predicted octanol–water partition coefficient (Wildman–Crippen LogP) is 2.58. The van der Waals surface area contributed by atoms with E-state index in [1.165, 1.54) is 12.1 Å². The zero-order valence-electron chi connectivity index (χ0n) is 10.3. The molecule has 0 bridgehead atoms. The van der Waals surface area contributed by atoms with Crippen LogP contribution in [0.4, 0.5) is 10.1 Å². The molecule has 3 rings (SSSR count). The van der Waals surface area contributed by atoms with Crippen molar-refractivity contribution in [3.63, 3.8) is 0 Å². The minimum Gasteiger partial charge on any atom is -0.382 e. The van der Waals surface area contributed by atoms with Crippen LogP contribution in [0.15, 0.2) is 24.3 Å². The fraction of sp³-hybridized carbons (Fsp3) is 0.571. The minimum absolute atomic E-state index is 0.0874. The van der Waals surface area contributed by atoms with Gasteiger partial charge in [-0.05, 0) is 37.1 Å². The van der Waals surface area contributed by atoms with Crippen LogP contribution >= 0.6 is 0 Å². The molecule has 0 radical (unpaired) electrons. The molecule has 2 heterocycles. The van der Waals surface area contributed by atoms with Gasteiger partial charge in [0.25, 0.3) is 0 Å². The summed E-state index contributed by atoms with van der Waals surface area (Å²) in [5.41, 5.74) is 0.882. The van der Waals surface area contributed by atoms with E-state index in [0.717, 1.165) is 38.2 Å². The molecule has 3 nitrogen and oxygen atoms in total. The molecule has 2 atom stereocenters. The van der Waals surface area contributed by atoms with E-state index < -0.39 is 0 Å². The first-order valence-corrected chi connectivity index (χ1v) is 6.50. The molecule has 0 aromatic heterocycles. The lowest BCUT2D eigenvalue weighted by atomic mass is 9.89. The van der Waals surface area contributed by atoms with E-state index in [2.05, 4.69) is 5.32 Å². The van der Waals surface area contributed by atoms with Gasteiger partial charge in [-0.2, -0.15) is 0 Å². The summed E-state index contributed by atoms with van der Waals surface area (Å²) in [6.07, 6.45) is 2.93. The second-order valence-electron chi connectivity index (χ2n) is 5.18. The van der Waals surface area contributed by atoms with Crippen LogP contribution in [0.5, 0.6) is 0 Å². The van der Waals surface area contributed by atoms with Crippen LogP contribution in [0.2, 0.25) is 0 Å². The van der Waals surface area contributed by atoms with Crippen LogP contribution in [0.25, 0.3) is 0 Å². The van der Waals surface area contributed by atoms with E-state index in [9.17, 15) is 4.39 Å². The van der Waals surface area contributed by atoms with Crippen molar-refractivity contribution in [2.24, 2.45) is 0 Å². The summed E-state index contributed by atoms with van der Waals surface area (Å²) in [6.45, 7) is 2.26. The normalized spacial score (nSPS) is 31.7. The summed E-state index contributed by atoms with van der Waals surface area (Å²) in [5, 5.41) is 3.46. The number of hydrogen-bond acceptors (Lipinski definition) is 3. The van der Waals surface area contributed by atoms with Gasteiger partial charge in [0.1, 0.15) is 5.82 Å². The second-order valence-corrected chi connectivity index (χ2v) is 5.18. The molecule has 1 aromatic carbocycles. The van der Waals surface area contributed by atoms with Gasteiger partial charge in [0, 0.05) is 31.4 Å². The van der Waals surface area contributed by atoms with Crippen LogP contribution in [0, 0.1) is 5.82 Å². The Morgan fingerprint density at radius 2 is 2.06 bits per heavy atom. The third-order valence-electron chi connectivity index (χ3n) is 3.78. The first-order valence-electron chi connectivity index (χ1n) is 6.50. The molecule has 0 amide bonds. The Labute approximate surface area is 106 Å². The molecule has 0 aliphatic carbocycles. The first-order chi connectivity index (χ1) is 8.76. The monoisotopic (exact) mass is 251 g/mol. The Morgan fingerprint density at radius 3 is 2.78 bits per heavy atom. The summed E-state index contributed by atoms with van der Waals surface area (Å²) < 4.78 is 24.2. The van der Waals surface area contributed by atoms with Gasteiger partial charge < -0.3 is 14.8 Å². The van der Waals surface area contributed by atoms with Gasteiger partial charge in [-0.15, -0.1) is 0 Å². The zero-order valence-corrected chi connectivity index (χ0v) is 10.3. The van der Waals surface area contributed by atoms with Crippen LogP contribution in [0.3, 0.4) is 0 Å². The highest BCUT2D eigenvalue weighted by molar-refractivity contribution is 5.43. The predicted molar refractivity (Wildman–Crippen MR) is 67.2 cm³/mol. The SMILES string of the molecule is Fc1ccc(NC2CCOC3(CCOC3)C2)cc1. The highest BCUT2D eigenvalue weighted by Crippen LogP contribution is 2.33. The average Bonchev–Trinajstić information content (AvgIpc) is 2.80. The number of nitrogens with one attached hydrogen (secondary N) is 1. The van der Waals surface area contributed by atoms with Gasteiger partial charge in [-0.25, -0.2) is 4.39 Å². The van der Waals surface area contributed by atoms with Gasteiger partial charge in [-0.1, -0.05) is 0 Å². The highest BCUT2D eigenvalue weighted by Gasteiger charge is 2.40. The van der Waals surface area contributed by atoms with Crippen LogP contribution in [0.1, 0.15) is 19.3 Å². The third-order valence-corrected chi connectivity index (χ3v) is 3.78. The maximum absolute atomic E-state index is 12.8. The van der Waals surface area contributed by atoms with Crippen molar-refractivity contribution in [1.29, 1.82) is 0 Å². The van der Waals surface area contributed by atoms with Crippen molar-refractivity contribution in [1.82, 2.24) is 0 Å². The standard InChI is InChI=1S/C14H18FNO2/c15-11-1-3-12(4-2-11)16-13-5-7-18-14(9-13)6-8-17-10-14/h1-4,13,16H,5-10H2. The first kappa shape index (κ1) is 11.9. The smallest absolute Gasteiger partial charge is 0.123 e. The maximum Gasteiger partial charge on any atom is 0.123 e. The number of rotatable bonds is 2. The van der Waals surface area contributed by atoms with Crippen molar-refractivity contribution in [2.45, 2.75) is 30.9 Å². The molecule has 0 saturated carbocycles. The minimum atomic E-state index is -0.201. The quantitative estimate of drug-likeness (QED) is 0.876. The molecule has 2 fully saturated rings. The highest BCUT2D eigenvalue weighted by atomic mass is 19.1. The van der Waals surface area contributed by atoms with Crippen molar-refractivity contribution < 1.29 is 13.9 Å². The third kappa shape index (κ3) is 2.49. The van der Waals surface area contributed by atoms with E-state index >= 15 is 0 Å². The number of benzene rings is 1. The zero-order chi connectivity index (χ0) is 12.4. The number of ether oxygens (including phenoxy) is 2. The van der Waals surface area contributed by atoms with Crippen LogP contribution < -0.4 is 5.32 Å². The summed E-state index contributed by atoms with van der Waals surface area (Å²) in [7, 11) is 0. The molecule has 1 N–H and O–H groups in total. The van der Waals surface area contributed by atoms with Crippen molar-refractivity contribution in [3.05, 3.63) is 30.1 Å². The summed E-state index contributed by atoms with van der Waals surface area (Å²) in [5.74, 6) is -0.201. The maximum atomic E-state index is 12.8. The molecular formula is C14H18FNO2. The van der Waals surface area contributed by atoms with Crippen LogP contribution in [-0.4, -0.2) is 31.5 Å². The van der Waals surface area contributed by atoms with Crippen molar-refractivity contribution in [2.75, 3.05) is 25.1 Å². The molecule has 2 unspecified atom stereocenters. The topological polar surface area (TPSA) is 30.5 Å². The number of anilines is 1. The van der Waals surface area contributed by atoms with Gasteiger partial charge in [-0.3, -0.25) is 0 Å². The van der Waals surface area contributed by atoms with Crippen molar-refractivity contribution >= 4 is 5.69 Å². The molecular weight excluding hydrogens is 233 g/mol. The molecule has 2 saturated heterocycles. The second kappa shape index (κ2) is 4.86. The lowest BCUT2D eigenvalue weighted by Crippen LogP contribution is -2.44. The Balaban J connectivity index is 1.64. The van der Waals surface area contributed by atoms with Gasteiger partial charge in [0.2, 0.25) is 0 Å². The van der Waals surface area contributed by atoms with Crippen molar-refractivity contribution in [3.8, 4) is 0 Å². The molecule has 18 heavy (non-hydrogen) atoms. The van der Waals surface area contributed by atoms with E-state index in [0.29, 0.717) is 12.6 Å². The Kier molecular flexibility index (Phi) is 3.22. The molecule has 2 aliphatic rings. The number of halogens is 1. The van der Waals surface area contributed by atoms with E-state index in [-0.39, 0.29) is 11.4 Å². The Hall–Kier alpha value is -1.13. The van der Waals surface area contributed by atoms with E-state index in [1.54, 1.807) is 12.1 Å². The lowest BCUT2D eigenvalue weighted by Gasteiger charge is -2.37. The Bertz CT molecular complexity index is 401. The summed E-state index contributed by atoms with van der Waals surface area (Å²) >= 11 is 0. The summed E-state index contributed by atoms with van der Waals surface area (Å²) in [4.78, 5) is 0. The molecule has 1 aromatic rings. The fourth-order valence-corrected chi connectivity index (χ4v) is 2.80. The molecule has 98 valence electrons. The molecule has 2 aliphatic heterocycles. The molecule has 1 spiro atoms. The van der Waals surface area contributed by atoms with Gasteiger partial charge in [0.15, 0.2) is 0 Å². The number of hydrogen-bond donors (Lipinski definition) is 1. The van der Waals surface area contributed by atoms with Crippen LogP contribution in [-0.2, 0) is 9.47 Å². The largest absolute Gasteiger partial charge is 0.382 e. The van der Waals surface area contributed by atoms with E-state index in [4.69, 9.17) is 9.47 Å². The van der Waals surface area contributed by atoms with Gasteiger partial charge in [0.05, 0.1) is 12.2 Å². The molecule has 4 heteroatoms. The van der Waals surface area contributed by atoms with E-state index in [1.807, 2.05) is 0 Å². The summed E-state index contributed by atoms with van der Waals surface area (Å²) in [6, 6.07) is 6.91. The fourth-order valence-electron chi connectivity index (χ4n) is 2.80. The average molecular weight is 251 g/mol.